The molecular weight excluding hydrogens is 793 g/mol. The van der Waals surface area contributed by atoms with Crippen molar-refractivity contribution in [3.05, 3.63) is 267 Å². The van der Waals surface area contributed by atoms with Crippen molar-refractivity contribution >= 4 is 67.7 Å². The first-order valence-corrected chi connectivity index (χ1v) is 23.8. The standard InChI is InChI=1S/C60H44N2OSi/c1-6-18-47(19-7-1)62-59-29-17-16-28-57(59)58-44-50(38-43-60(58)62)61(49-36-39-52(40-37-49)63-51-20-8-2-9-21-51)48-34-30-45(31-35-48)46-32-41-56(42-33-46)64(53-22-10-3-11-23-53,54-24-12-4-13-25-54)55-26-14-5-15-27-55/h1-44H. The average molecular weight is 837 g/mol. The third-order valence-corrected chi connectivity index (χ3v) is 17.2. The van der Waals surface area contributed by atoms with Gasteiger partial charge in [0, 0.05) is 33.5 Å². The topological polar surface area (TPSA) is 17.4 Å². The summed E-state index contributed by atoms with van der Waals surface area (Å²) in [5.74, 6) is 1.60. The Morgan fingerprint density at radius 1 is 0.312 bits per heavy atom. The Balaban J connectivity index is 0.994. The largest absolute Gasteiger partial charge is 0.457 e. The second-order valence-electron chi connectivity index (χ2n) is 16.1. The number of fused-ring (bicyclic) bond motifs is 3. The molecule has 0 aliphatic carbocycles. The number of aromatic nitrogens is 1. The van der Waals surface area contributed by atoms with Crippen molar-refractivity contribution in [2.24, 2.45) is 0 Å². The van der Waals surface area contributed by atoms with Gasteiger partial charge in [0.05, 0.1) is 11.0 Å². The van der Waals surface area contributed by atoms with E-state index in [4.69, 9.17) is 4.74 Å². The smallest absolute Gasteiger partial charge is 0.179 e. The predicted octanol–water partition coefficient (Wildman–Crippen LogP) is 13.1. The van der Waals surface area contributed by atoms with E-state index >= 15 is 0 Å². The van der Waals surface area contributed by atoms with Crippen LogP contribution in [-0.2, 0) is 0 Å². The van der Waals surface area contributed by atoms with Gasteiger partial charge in [-0.2, -0.15) is 0 Å². The number of ether oxygens (including phenoxy) is 1. The fourth-order valence-electron chi connectivity index (χ4n) is 9.47. The summed E-state index contributed by atoms with van der Waals surface area (Å²) in [6.07, 6.45) is 0. The van der Waals surface area contributed by atoms with E-state index in [2.05, 4.69) is 246 Å². The minimum absolute atomic E-state index is 0.786. The van der Waals surface area contributed by atoms with Crippen LogP contribution in [0.25, 0.3) is 38.6 Å². The van der Waals surface area contributed by atoms with Crippen LogP contribution in [0.2, 0.25) is 0 Å². The van der Waals surface area contributed by atoms with E-state index in [1.165, 1.54) is 48.1 Å². The fourth-order valence-corrected chi connectivity index (χ4v) is 14.2. The fraction of sp³-hybridized carbons (Fsp3) is 0. The summed E-state index contributed by atoms with van der Waals surface area (Å²) >= 11 is 0. The Morgan fingerprint density at radius 3 is 1.28 bits per heavy atom. The van der Waals surface area contributed by atoms with Crippen LogP contribution >= 0.6 is 0 Å². The first kappa shape index (κ1) is 38.7. The van der Waals surface area contributed by atoms with Crippen molar-refractivity contribution in [1.82, 2.24) is 4.57 Å². The number of anilines is 3. The van der Waals surface area contributed by atoms with Crippen molar-refractivity contribution < 1.29 is 4.74 Å². The van der Waals surface area contributed by atoms with E-state index in [0.29, 0.717) is 0 Å². The molecule has 0 radical (unpaired) electrons. The zero-order valence-electron chi connectivity index (χ0n) is 35.2. The lowest BCUT2D eigenvalue weighted by molar-refractivity contribution is 0.483. The zero-order chi connectivity index (χ0) is 42.7. The van der Waals surface area contributed by atoms with Gasteiger partial charge in [0.2, 0.25) is 0 Å². The lowest BCUT2D eigenvalue weighted by atomic mass is 10.0. The molecule has 1 heterocycles. The van der Waals surface area contributed by atoms with Crippen LogP contribution in [0, 0.1) is 0 Å². The number of hydrogen-bond donors (Lipinski definition) is 0. The Hall–Kier alpha value is -8.18. The van der Waals surface area contributed by atoms with Gasteiger partial charge < -0.3 is 14.2 Å². The molecule has 0 saturated heterocycles. The Kier molecular flexibility index (Phi) is 10.2. The van der Waals surface area contributed by atoms with Crippen LogP contribution in [-0.4, -0.2) is 12.6 Å². The second kappa shape index (κ2) is 16.9. The summed E-state index contributed by atoms with van der Waals surface area (Å²) in [6.45, 7) is 0. The molecule has 0 aliphatic heterocycles. The van der Waals surface area contributed by atoms with E-state index in [9.17, 15) is 0 Å². The van der Waals surface area contributed by atoms with Crippen LogP contribution in [0.3, 0.4) is 0 Å². The molecule has 0 unspecified atom stereocenters. The highest BCUT2D eigenvalue weighted by molar-refractivity contribution is 7.19. The van der Waals surface area contributed by atoms with Gasteiger partial charge in [-0.3, -0.25) is 0 Å². The molecule has 0 aliphatic rings. The molecule has 1 aromatic heterocycles. The number of benzene rings is 10. The van der Waals surface area contributed by atoms with Crippen LogP contribution in [0.1, 0.15) is 0 Å². The number of hydrogen-bond acceptors (Lipinski definition) is 2. The van der Waals surface area contributed by atoms with Gasteiger partial charge in [0.15, 0.2) is 8.07 Å². The average Bonchev–Trinajstić information content (AvgIpc) is 3.71. The summed E-state index contributed by atoms with van der Waals surface area (Å²) in [5, 5.41) is 7.87. The maximum absolute atomic E-state index is 6.23. The third-order valence-electron chi connectivity index (χ3n) is 12.4. The van der Waals surface area contributed by atoms with Gasteiger partial charge in [-0.1, -0.05) is 182 Å². The van der Waals surface area contributed by atoms with Crippen molar-refractivity contribution in [1.29, 1.82) is 0 Å². The van der Waals surface area contributed by atoms with Gasteiger partial charge in [-0.05, 0) is 117 Å². The summed E-state index contributed by atoms with van der Waals surface area (Å²) in [4.78, 5) is 2.34. The van der Waals surface area contributed by atoms with Crippen molar-refractivity contribution in [2.45, 2.75) is 0 Å². The van der Waals surface area contributed by atoms with E-state index in [1.54, 1.807) is 0 Å². The van der Waals surface area contributed by atoms with Gasteiger partial charge in [0.25, 0.3) is 0 Å². The Labute approximate surface area is 375 Å². The van der Waals surface area contributed by atoms with Gasteiger partial charge in [-0.25, -0.2) is 0 Å². The predicted molar refractivity (Wildman–Crippen MR) is 271 cm³/mol. The molecule has 10 aromatic carbocycles. The third kappa shape index (κ3) is 7.06. The molecule has 0 fully saturated rings. The molecule has 0 atom stereocenters. The summed E-state index contributed by atoms with van der Waals surface area (Å²) < 4.78 is 8.59. The Bertz CT molecular complexity index is 3200. The summed E-state index contributed by atoms with van der Waals surface area (Å²) in [7, 11) is -2.62. The quantitative estimate of drug-likeness (QED) is 0.0954. The monoisotopic (exact) mass is 836 g/mol. The van der Waals surface area contributed by atoms with Gasteiger partial charge in [0.1, 0.15) is 11.5 Å². The molecule has 3 nitrogen and oxygen atoms in total. The maximum atomic E-state index is 6.23. The molecule has 304 valence electrons. The number of nitrogens with zero attached hydrogens (tertiary/aromatic N) is 2. The number of rotatable bonds is 11. The molecule has 0 amide bonds. The molecule has 11 aromatic rings. The van der Waals surface area contributed by atoms with Gasteiger partial charge >= 0.3 is 0 Å². The van der Waals surface area contributed by atoms with E-state index in [0.717, 1.165) is 39.8 Å². The zero-order valence-corrected chi connectivity index (χ0v) is 36.2. The first-order valence-electron chi connectivity index (χ1n) is 21.8. The molecule has 0 bridgehead atoms. The van der Waals surface area contributed by atoms with Gasteiger partial charge in [-0.15, -0.1) is 0 Å². The molecule has 4 heteroatoms. The van der Waals surface area contributed by atoms with Crippen molar-refractivity contribution in [3.63, 3.8) is 0 Å². The maximum Gasteiger partial charge on any atom is 0.179 e. The number of para-hydroxylation sites is 3. The Morgan fingerprint density at radius 2 is 0.719 bits per heavy atom. The summed E-state index contributed by atoms with van der Waals surface area (Å²) in [6, 6.07) is 96.1. The second-order valence-corrected chi connectivity index (χ2v) is 19.9. The normalized spacial score (nSPS) is 11.4. The van der Waals surface area contributed by atoms with Crippen LogP contribution in [0.15, 0.2) is 267 Å². The van der Waals surface area contributed by atoms with Crippen LogP contribution in [0.4, 0.5) is 17.1 Å². The molecule has 11 rings (SSSR count). The highest BCUT2D eigenvalue weighted by Gasteiger charge is 2.41. The molecule has 0 spiro atoms. The van der Waals surface area contributed by atoms with Crippen molar-refractivity contribution in [2.75, 3.05) is 4.90 Å². The van der Waals surface area contributed by atoms with Crippen LogP contribution < -0.4 is 30.4 Å². The first-order chi connectivity index (χ1) is 31.7. The lowest BCUT2D eigenvalue weighted by Crippen LogP contribution is -2.74. The van der Waals surface area contributed by atoms with Crippen molar-refractivity contribution in [3.8, 4) is 28.3 Å². The highest BCUT2D eigenvalue weighted by atomic mass is 28.3. The molecule has 0 N–H and O–H groups in total. The summed E-state index contributed by atoms with van der Waals surface area (Å²) in [5.41, 5.74) is 9.00. The van der Waals surface area contributed by atoms with Crippen LogP contribution in [0.5, 0.6) is 11.5 Å². The van der Waals surface area contributed by atoms with E-state index in [1.807, 2.05) is 30.3 Å². The SMILES string of the molecule is c1ccc(Oc2ccc(N(c3ccc(-c4ccc([Si](c5ccccc5)(c5ccccc5)c5ccccc5)cc4)cc3)c3ccc4c(c3)c3ccccc3n4-c3ccccc3)cc2)cc1. The minimum atomic E-state index is -2.62. The van der Waals surface area contributed by atoms with E-state index in [-0.39, 0.29) is 0 Å². The highest BCUT2D eigenvalue weighted by Crippen LogP contribution is 2.41. The molecule has 64 heavy (non-hydrogen) atoms. The molecule has 0 saturated carbocycles. The molecular formula is C60H44N2OSi. The lowest BCUT2D eigenvalue weighted by Gasteiger charge is -2.34. The van der Waals surface area contributed by atoms with E-state index < -0.39 is 8.07 Å². The minimum Gasteiger partial charge on any atom is -0.457 e.